The number of carbonyl (C=O) groups is 1. The average molecular weight is 301 g/mol. The van der Waals surface area contributed by atoms with Crippen LogP contribution in [0.2, 0.25) is 0 Å². The first-order valence-electron chi connectivity index (χ1n) is 6.75. The Balaban J connectivity index is 1.83. The molecule has 0 N–H and O–H groups in total. The van der Waals surface area contributed by atoms with Crippen LogP contribution in [0.3, 0.4) is 0 Å². The monoisotopic (exact) mass is 300 g/mol. The molecule has 0 aliphatic carbocycles. The van der Waals surface area contributed by atoms with Crippen LogP contribution in [0.1, 0.15) is 6.92 Å². The molecule has 110 valence electrons. The van der Waals surface area contributed by atoms with Crippen LogP contribution in [0, 0.1) is 5.92 Å². The van der Waals surface area contributed by atoms with Crippen molar-refractivity contribution in [3.63, 3.8) is 0 Å². The van der Waals surface area contributed by atoms with Gasteiger partial charge in [0.1, 0.15) is 17.9 Å². The van der Waals surface area contributed by atoms with Gasteiger partial charge in [-0.3, -0.25) is 4.90 Å². The minimum atomic E-state index is -0.340. The average Bonchev–Trinajstić information content (AvgIpc) is 2.89. The first kappa shape index (κ1) is 13.6. The largest absolute Gasteiger partial charge is 0.447 e. The Morgan fingerprint density at radius 2 is 2.00 bits per heavy atom. The Bertz CT molecular complexity index is 462. The van der Waals surface area contributed by atoms with Crippen LogP contribution in [-0.2, 0) is 9.47 Å². The Kier molecular flexibility index (Phi) is 3.80. The Hall–Kier alpha value is -1.34. The smallest absolute Gasteiger partial charge is 0.411 e. The summed E-state index contributed by atoms with van der Waals surface area (Å²) in [5, 5.41) is 0.478. The van der Waals surface area contributed by atoms with Crippen LogP contribution < -0.4 is 0 Å². The van der Waals surface area contributed by atoms with E-state index in [4.69, 9.17) is 21.1 Å². The molecule has 0 bridgehead atoms. The number of aliphatic imine (C=N–C) groups is 2. The van der Waals surface area contributed by atoms with E-state index in [1.807, 2.05) is 11.8 Å². The van der Waals surface area contributed by atoms with E-state index in [-0.39, 0.29) is 18.2 Å². The molecule has 0 aromatic carbocycles. The highest BCUT2D eigenvalue weighted by Gasteiger charge is 2.38. The second-order valence-electron chi connectivity index (χ2n) is 4.97. The first-order valence-corrected chi connectivity index (χ1v) is 7.12. The lowest BCUT2D eigenvalue weighted by molar-refractivity contribution is 0.0666. The third kappa shape index (κ3) is 2.47. The fourth-order valence-corrected chi connectivity index (χ4v) is 2.67. The van der Waals surface area contributed by atoms with E-state index < -0.39 is 0 Å². The molecule has 3 aliphatic rings. The Labute approximate surface area is 122 Å². The number of rotatable bonds is 1. The fourth-order valence-electron chi connectivity index (χ4n) is 2.48. The number of cyclic esters (lactones) is 1. The number of hydrogen-bond acceptors (Lipinski definition) is 6. The summed E-state index contributed by atoms with van der Waals surface area (Å²) in [4.78, 5) is 24.3. The number of nitrogens with zero attached hydrogens (tertiary/aromatic N) is 4. The van der Waals surface area contributed by atoms with Gasteiger partial charge in [0.25, 0.3) is 0 Å². The van der Waals surface area contributed by atoms with Gasteiger partial charge >= 0.3 is 6.09 Å². The summed E-state index contributed by atoms with van der Waals surface area (Å²) in [6.07, 6.45) is -0.675. The van der Waals surface area contributed by atoms with E-state index in [2.05, 4.69) is 9.98 Å². The number of halogens is 1. The van der Waals surface area contributed by atoms with Gasteiger partial charge in [-0.05, 0) is 0 Å². The van der Waals surface area contributed by atoms with Crippen molar-refractivity contribution in [2.75, 3.05) is 39.5 Å². The summed E-state index contributed by atoms with van der Waals surface area (Å²) in [6.45, 7) is 5.63. The van der Waals surface area contributed by atoms with E-state index in [1.165, 1.54) is 0 Å². The van der Waals surface area contributed by atoms with Crippen LogP contribution >= 0.6 is 11.6 Å². The molecule has 3 aliphatic heterocycles. The van der Waals surface area contributed by atoms with Gasteiger partial charge in [0, 0.05) is 13.1 Å². The number of amides is 1. The molecular weight excluding hydrogens is 284 g/mol. The van der Waals surface area contributed by atoms with E-state index in [9.17, 15) is 4.79 Å². The maximum Gasteiger partial charge on any atom is 0.411 e. The standard InChI is InChI=1S/C12H17ClN4O3/c1-8-9(13)14-11(16-2-5-19-6-3-16)15-10(8)17-4-7-20-12(17)18/h8,10H,2-7H2,1H3. The number of guanidine groups is 1. The molecule has 0 saturated carbocycles. The zero-order chi connectivity index (χ0) is 14.1. The lowest BCUT2D eigenvalue weighted by atomic mass is 10.1. The molecule has 1 amide bonds. The molecule has 0 radical (unpaired) electrons. The summed E-state index contributed by atoms with van der Waals surface area (Å²) in [7, 11) is 0. The SMILES string of the molecule is CC1C(Cl)=NC(N2CCOCC2)=NC1N1CCOC1=O. The molecule has 20 heavy (non-hydrogen) atoms. The number of hydrogen-bond donors (Lipinski definition) is 0. The van der Waals surface area contributed by atoms with Crippen molar-refractivity contribution in [1.29, 1.82) is 0 Å². The number of carbonyl (C=O) groups excluding carboxylic acids is 1. The van der Waals surface area contributed by atoms with Crippen molar-refractivity contribution in [2.24, 2.45) is 15.9 Å². The lowest BCUT2D eigenvalue weighted by Gasteiger charge is -2.34. The second-order valence-corrected chi connectivity index (χ2v) is 5.36. The Morgan fingerprint density at radius 1 is 1.25 bits per heavy atom. The van der Waals surface area contributed by atoms with Crippen molar-refractivity contribution in [3.8, 4) is 0 Å². The van der Waals surface area contributed by atoms with Crippen LogP contribution in [0.25, 0.3) is 0 Å². The van der Waals surface area contributed by atoms with Gasteiger partial charge in [-0.15, -0.1) is 0 Å². The van der Waals surface area contributed by atoms with E-state index >= 15 is 0 Å². The number of ether oxygens (including phenoxy) is 2. The highest BCUT2D eigenvalue weighted by molar-refractivity contribution is 6.66. The fraction of sp³-hybridized carbons (Fsp3) is 0.750. The quantitative estimate of drug-likeness (QED) is 0.716. The van der Waals surface area contributed by atoms with Crippen LogP contribution in [0.15, 0.2) is 9.98 Å². The molecule has 2 saturated heterocycles. The van der Waals surface area contributed by atoms with Crippen molar-refractivity contribution in [3.05, 3.63) is 0 Å². The predicted molar refractivity (Wildman–Crippen MR) is 74.1 cm³/mol. The maximum absolute atomic E-state index is 11.7. The van der Waals surface area contributed by atoms with Crippen molar-refractivity contribution >= 4 is 28.8 Å². The summed E-state index contributed by atoms with van der Waals surface area (Å²) in [6, 6.07) is 0. The van der Waals surface area contributed by atoms with Gasteiger partial charge in [-0.2, -0.15) is 0 Å². The van der Waals surface area contributed by atoms with Crippen molar-refractivity contribution in [1.82, 2.24) is 9.80 Å². The van der Waals surface area contributed by atoms with Gasteiger partial charge in [0.05, 0.1) is 25.7 Å². The maximum atomic E-state index is 11.7. The van der Waals surface area contributed by atoms with Crippen LogP contribution in [0.5, 0.6) is 0 Å². The van der Waals surface area contributed by atoms with E-state index in [1.54, 1.807) is 4.90 Å². The van der Waals surface area contributed by atoms with E-state index in [0.29, 0.717) is 37.5 Å². The highest BCUT2D eigenvalue weighted by Crippen LogP contribution is 2.24. The molecule has 0 aromatic heterocycles. The lowest BCUT2D eigenvalue weighted by Crippen LogP contribution is -2.48. The normalized spacial score (nSPS) is 31.0. The molecule has 0 spiro atoms. The Morgan fingerprint density at radius 3 is 2.65 bits per heavy atom. The summed E-state index contributed by atoms with van der Waals surface area (Å²) in [5.74, 6) is 0.466. The van der Waals surface area contributed by atoms with E-state index in [0.717, 1.165) is 13.1 Å². The zero-order valence-electron chi connectivity index (χ0n) is 11.3. The first-order chi connectivity index (χ1) is 9.66. The molecule has 3 heterocycles. The topological polar surface area (TPSA) is 66.7 Å². The summed E-state index contributed by atoms with van der Waals surface area (Å²) >= 11 is 6.23. The van der Waals surface area contributed by atoms with Gasteiger partial charge in [0.15, 0.2) is 0 Å². The highest BCUT2D eigenvalue weighted by atomic mass is 35.5. The van der Waals surface area contributed by atoms with Gasteiger partial charge in [-0.25, -0.2) is 14.8 Å². The zero-order valence-corrected chi connectivity index (χ0v) is 12.0. The second kappa shape index (κ2) is 5.57. The molecule has 0 aromatic rings. The molecule has 8 heteroatoms. The number of morpholine rings is 1. The molecule has 2 fully saturated rings. The minimum absolute atomic E-state index is 0.118. The molecule has 2 atom stereocenters. The van der Waals surface area contributed by atoms with Gasteiger partial charge < -0.3 is 14.4 Å². The van der Waals surface area contributed by atoms with Crippen molar-refractivity contribution in [2.45, 2.75) is 13.1 Å². The molecular formula is C12H17ClN4O3. The van der Waals surface area contributed by atoms with Crippen LogP contribution in [-0.4, -0.2) is 72.6 Å². The summed E-state index contributed by atoms with van der Waals surface area (Å²) in [5.41, 5.74) is 0. The minimum Gasteiger partial charge on any atom is -0.447 e. The third-order valence-corrected chi connectivity index (χ3v) is 4.11. The van der Waals surface area contributed by atoms with Gasteiger partial charge in [0.2, 0.25) is 5.96 Å². The predicted octanol–water partition coefficient (Wildman–Crippen LogP) is 0.740. The van der Waals surface area contributed by atoms with Crippen LogP contribution in [0.4, 0.5) is 4.79 Å². The third-order valence-electron chi connectivity index (χ3n) is 3.68. The molecule has 2 unspecified atom stereocenters. The molecule has 3 rings (SSSR count). The van der Waals surface area contributed by atoms with Crippen molar-refractivity contribution < 1.29 is 14.3 Å². The molecule has 7 nitrogen and oxygen atoms in total. The summed E-state index contributed by atoms with van der Waals surface area (Å²) < 4.78 is 10.3. The van der Waals surface area contributed by atoms with Gasteiger partial charge in [-0.1, -0.05) is 18.5 Å².